The molecule has 0 aliphatic carbocycles. The molecule has 6 atom stereocenters. The van der Waals surface area contributed by atoms with Crippen LogP contribution in [-0.2, 0) is 28.5 Å². The van der Waals surface area contributed by atoms with Crippen LogP contribution in [0.3, 0.4) is 0 Å². The molecule has 4 N–H and O–H groups in total. The van der Waals surface area contributed by atoms with Crippen LogP contribution in [-0.4, -0.2) is 89.0 Å². The molecular weight excluding hydrogens is 821 g/mol. The first-order chi connectivity index (χ1) is 31.8. The van der Waals surface area contributed by atoms with Crippen molar-refractivity contribution in [2.45, 2.75) is 243 Å². The maximum absolute atomic E-state index is 12.8. The predicted octanol–water partition coefficient (Wildman–Crippen LogP) is 12.3. The molecule has 0 saturated carbocycles. The van der Waals surface area contributed by atoms with Crippen molar-refractivity contribution in [2.75, 3.05) is 19.8 Å². The summed E-state index contributed by atoms with van der Waals surface area (Å²) in [5.41, 5.74) is 0. The highest BCUT2D eigenvalue weighted by Gasteiger charge is 2.44. The van der Waals surface area contributed by atoms with Gasteiger partial charge < -0.3 is 39.4 Å². The standard InChI is InChI=1S/C55H94O10/c1-3-5-7-9-11-13-15-17-19-21-22-23-24-25-26-28-29-31-33-35-37-39-41-43-50(57)62-46-48(47-63-55-54(61)53(60)52(59)49(45-56)65-55)64-51(58)44-42-40-38-36-34-32-30-27-20-18-16-14-12-10-8-6-4-2/h12,14,18,20,28-30,32,35-38,48-49,52-56,59-61H,3-11,13,15-17,19,21-27,31,33-34,39-47H2,1-2H3/b14-12+,20-18+,29-28+,32-30+,37-35+,38-36+/t48-,49-,52+,53?,54?,55-/m0/s1. The zero-order valence-corrected chi connectivity index (χ0v) is 41.0. The van der Waals surface area contributed by atoms with Gasteiger partial charge in [-0.2, -0.15) is 0 Å². The van der Waals surface area contributed by atoms with Gasteiger partial charge in [-0.05, 0) is 83.5 Å². The Bertz CT molecular complexity index is 1290. The Labute approximate surface area is 395 Å². The molecule has 1 aliphatic rings. The molecule has 0 aromatic carbocycles. The summed E-state index contributed by atoms with van der Waals surface area (Å²) in [5, 5.41) is 40.2. The van der Waals surface area contributed by atoms with E-state index < -0.39 is 55.4 Å². The highest BCUT2D eigenvalue weighted by atomic mass is 16.7. The number of aliphatic hydroxyl groups is 4. The molecule has 0 spiro atoms. The van der Waals surface area contributed by atoms with Crippen molar-refractivity contribution in [3.8, 4) is 0 Å². The van der Waals surface area contributed by atoms with E-state index in [0.717, 1.165) is 51.4 Å². The topological polar surface area (TPSA) is 152 Å². The summed E-state index contributed by atoms with van der Waals surface area (Å²) in [6.45, 7) is 3.32. The van der Waals surface area contributed by atoms with E-state index in [0.29, 0.717) is 19.3 Å². The summed E-state index contributed by atoms with van der Waals surface area (Å²) < 4.78 is 22.1. The Morgan fingerprint density at radius 2 is 0.877 bits per heavy atom. The Hall–Kier alpha value is -2.86. The highest BCUT2D eigenvalue weighted by Crippen LogP contribution is 2.22. The Kier molecular flexibility index (Phi) is 41.6. The van der Waals surface area contributed by atoms with Crippen LogP contribution in [0.15, 0.2) is 72.9 Å². The first-order valence-corrected chi connectivity index (χ1v) is 26.0. The summed E-state index contributed by atoms with van der Waals surface area (Å²) in [4.78, 5) is 25.4. The van der Waals surface area contributed by atoms with Gasteiger partial charge >= 0.3 is 11.9 Å². The third-order valence-corrected chi connectivity index (χ3v) is 11.5. The number of esters is 2. The highest BCUT2D eigenvalue weighted by molar-refractivity contribution is 5.70. The minimum Gasteiger partial charge on any atom is -0.462 e. The second-order valence-electron chi connectivity index (χ2n) is 17.6. The monoisotopic (exact) mass is 915 g/mol. The molecule has 2 unspecified atom stereocenters. The van der Waals surface area contributed by atoms with Gasteiger partial charge in [0.05, 0.1) is 13.2 Å². The zero-order chi connectivity index (χ0) is 47.3. The summed E-state index contributed by atoms with van der Waals surface area (Å²) in [6, 6.07) is 0. The minimum atomic E-state index is -1.61. The summed E-state index contributed by atoms with van der Waals surface area (Å²) in [5.74, 6) is -0.923. The second kappa shape index (κ2) is 44.9. The fraction of sp³-hybridized carbons (Fsp3) is 0.745. The lowest BCUT2D eigenvalue weighted by molar-refractivity contribution is -0.305. The van der Waals surface area contributed by atoms with E-state index in [1.54, 1.807) is 0 Å². The number of ether oxygens (including phenoxy) is 4. The maximum Gasteiger partial charge on any atom is 0.306 e. The SMILES string of the molecule is CCCCC/C=C/C/C=C/C/C=C/C/C=C/CCCC(=O)O[C@@H](COC(=O)CCC/C=C/CC/C=C/CCCCCCCCCCCCCCCC)CO[C@H]1O[C@@H](CO)[C@@H](O)C(O)C1O. The molecule has 374 valence electrons. The lowest BCUT2D eigenvalue weighted by Crippen LogP contribution is -2.59. The van der Waals surface area contributed by atoms with E-state index in [-0.39, 0.29) is 26.1 Å². The van der Waals surface area contributed by atoms with E-state index in [9.17, 15) is 30.0 Å². The molecule has 0 aromatic heterocycles. The van der Waals surface area contributed by atoms with Gasteiger partial charge in [-0.25, -0.2) is 0 Å². The van der Waals surface area contributed by atoms with E-state index in [2.05, 4.69) is 80.7 Å². The number of allylic oxidation sites excluding steroid dienone is 12. The fourth-order valence-electron chi connectivity index (χ4n) is 7.44. The summed E-state index contributed by atoms with van der Waals surface area (Å²) in [7, 11) is 0. The van der Waals surface area contributed by atoms with E-state index in [1.165, 1.54) is 109 Å². The number of hydrogen-bond donors (Lipinski definition) is 4. The van der Waals surface area contributed by atoms with Crippen LogP contribution in [0.1, 0.15) is 206 Å². The van der Waals surface area contributed by atoms with E-state index in [4.69, 9.17) is 18.9 Å². The predicted molar refractivity (Wildman–Crippen MR) is 265 cm³/mol. The molecule has 0 amide bonds. The Morgan fingerprint density at radius 1 is 0.477 bits per heavy atom. The molecule has 0 bridgehead atoms. The summed E-state index contributed by atoms with van der Waals surface area (Å²) in [6.07, 6.45) is 50.8. The minimum absolute atomic E-state index is 0.143. The van der Waals surface area contributed by atoms with Gasteiger partial charge in [0, 0.05) is 12.8 Å². The first kappa shape index (κ1) is 60.2. The molecule has 10 heteroatoms. The number of aliphatic hydroxyl groups excluding tert-OH is 4. The van der Waals surface area contributed by atoms with Gasteiger partial charge in [0.2, 0.25) is 0 Å². The number of hydrogen-bond acceptors (Lipinski definition) is 10. The van der Waals surface area contributed by atoms with Crippen LogP contribution >= 0.6 is 0 Å². The van der Waals surface area contributed by atoms with E-state index in [1.807, 2.05) is 6.08 Å². The number of rotatable bonds is 43. The van der Waals surface area contributed by atoms with Gasteiger partial charge in [0.1, 0.15) is 31.0 Å². The molecule has 1 rings (SSSR count). The third kappa shape index (κ3) is 35.9. The molecule has 1 saturated heterocycles. The number of carbonyl (C=O) groups is 2. The van der Waals surface area contributed by atoms with Gasteiger partial charge in [-0.3, -0.25) is 9.59 Å². The average Bonchev–Trinajstić information content (AvgIpc) is 3.30. The maximum atomic E-state index is 12.8. The lowest BCUT2D eigenvalue weighted by atomic mass is 9.99. The molecule has 1 heterocycles. The Morgan fingerprint density at radius 3 is 1.38 bits per heavy atom. The fourth-order valence-corrected chi connectivity index (χ4v) is 7.44. The van der Waals surface area contributed by atoms with Crippen molar-refractivity contribution < 1.29 is 49.0 Å². The Balaban J connectivity index is 2.31. The average molecular weight is 915 g/mol. The molecule has 65 heavy (non-hydrogen) atoms. The van der Waals surface area contributed by atoms with Crippen molar-refractivity contribution in [3.63, 3.8) is 0 Å². The van der Waals surface area contributed by atoms with Crippen molar-refractivity contribution in [1.82, 2.24) is 0 Å². The molecule has 0 radical (unpaired) electrons. The van der Waals surface area contributed by atoms with Crippen LogP contribution < -0.4 is 0 Å². The van der Waals surface area contributed by atoms with Crippen LogP contribution in [0.4, 0.5) is 0 Å². The van der Waals surface area contributed by atoms with Gasteiger partial charge in [-0.1, -0.05) is 183 Å². The van der Waals surface area contributed by atoms with E-state index >= 15 is 0 Å². The largest absolute Gasteiger partial charge is 0.462 e. The molecule has 10 nitrogen and oxygen atoms in total. The quantitative estimate of drug-likeness (QED) is 0.0264. The second-order valence-corrected chi connectivity index (χ2v) is 17.6. The van der Waals surface area contributed by atoms with Crippen molar-refractivity contribution in [2.24, 2.45) is 0 Å². The normalized spacial score (nSPS) is 19.9. The third-order valence-electron chi connectivity index (χ3n) is 11.5. The molecule has 1 fully saturated rings. The van der Waals surface area contributed by atoms with Crippen molar-refractivity contribution in [3.05, 3.63) is 72.9 Å². The van der Waals surface area contributed by atoms with Crippen LogP contribution in [0.5, 0.6) is 0 Å². The van der Waals surface area contributed by atoms with Crippen LogP contribution in [0, 0.1) is 0 Å². The lowest BCUT2D eigenvalue weighted by Gasteiger charge is -2.39. The number of unbranched alkanes of at least 4 members (excludes halogenated alkanes) is 20. The van der Waals surface area contributed by atoms with Gasteiger partial charge in [-0.15, -0.1) is 0 Å². The van der Waals surface area contributed by atoms with Crippen LogP contribution in [0.25, 0.3) is 0 Å². The smallest absolute Gasteiger partial charge is 0.306 e. The number of carbonyl (C=O) groups excluding carboxylic acids is 2. The zero-order valence-electron chi connectivity index (χ0n) is 41.0. The van der Waals surface area contributed by atoms with Gasteiger partial charge in [0.25, 0.3) is 0 Å². The molecular formula is C55H94O10. The van der Waals surface area contributed by atoms with Crippen LogP contribution in [0.2, 0.25) is 0 Å². The van der Waals surface area contributed by atoms with Gasteiger partial charge in [0.15, 0.2) is 12.4 Å². The molecule has 1 aliphatic heterocycles. The van der Waals surface area contributed by atoms with Crippen molar-refractivity contribution >= 4 is 11.9 Å². The van der Waals surface area contributed by atoms with Crippen molar-refractivity contribution in [1.29, 1.82) is 0 Å². The molecule has 0 aromatic rings. The summed E-state index contributed by atoms with van der Waals surface area (Å²) >= 11 is 0. The first-order valence-electron chi connectivity index (χ1n) is 26.0.